The normalized spacial score (nSPS) is 14.9. The van der Waals surface area contributed by atoms with Crippen LogP contribution >= 0.6 is 11.3 Å². The van der Waals surface area contributed by atoms with Gasteiger partial charge in [-0.25, -0.2) is 0 Å². The summed E-state index contributed by atoms with van der Waals surface area (Å²) in [5.74, 6) is 0.934. The van der Waals surface area contributed by atoms with Gasteiger partial charge in [-0.2, -0.15) is 0 Å². The number of amides is 1. The van der Waals surface area contributed by atoms with Gasteiger partial charge in [-0.3, -0.25) is 9.69 Å². The molecule has 0 unspecified atom stereocenters. The van der Waals surface area contributed by atoms with E-state index in [0.717, 1.165) is 50.3 Å². The second kappa shape index (κ2) is 11.2. The summed E-state index contributed by atoms with van der Waals surface area (Å²) in [5, 5.41) is 5.04. The molecule has 1 aromatic carbocycles. The molecule has 1 aliphatic rings. The summed E-state index contributed by atoms with van der Waals surface area (Å²) in [6.07, 6.45) is 3.51. The Morgan fingerprint density at radius 1 is 1.29 bits per heavy atom. The number of ether oxygens (including phenoxy) is 2. The van der Waals surface area contributed by atoms with Crippen molar-refractivity contribution in [3.05, 3.63) is 52.2 Å². The summed E-state index contributed by atoms with van der Waals surface area (Å²) in [7, 11) is 2.15. The zero-order valence-corrected chi connectivity index (χ0v) is 17.4. The monoisotopic (exact) mass is 402 g/mol. The molecule has 0 spiro atoms. The topological polar surface area (TPSA) is 50.8 Å². The lowest BCUT2D eigenvalue weighted by Crippen LogP contribution is -2.38. The minimum atomic E-state index is 0.0813. The SMILES string of the molecule is CN(CCOc1cccc(CNC(=O)CCc2cccs2)c1)C1CCOCC1. The van der Waals surface area contributed by atoms with E-state index in [9.17, 15) is 4.79 Å². The van der Waals surface area contributed by atoms with Gasteiger partial charge in [0.1, 0.15) is 12.4 Å². The Kier molecular flexibility index (Phi) is 8.33. The highest BCUT2D eigenvalue weighted by atomic mass is 32.1. The number of rotatable bonds is 10. The van der Waals surface area contributed by atoms with Crippen molar-refractivity contribution in [2.75, 3.05) is 33.4 Å². The Bertz CT molecular complexity index is 714. The van der Waals surface area contributed by atoms with Crippen LogP contribution in [-0.4, -0.2) is 50.3 Å². The van der Waals surface area contributed by atoms with E-state index in [4.69, 9.17) is 9.47 Å². The number of carbonyl (C=O) groups is 1. The molecule has 0 bridgehead atoms. The molecule has 28 heavy (non-hydrogen) atoms. The summed E-state index contributed by atoms with van der Waals surface area (Å²) >= 11 is 1.69. The van der Waals surface area contributed by atoms with Gasteiger partial charge in [-0.15, -0.1) is 11.3 Å². The summed E-state index contributed by atoms with van der Waals surface area (Å²) in [6, 6.07) is 12.6. The highest BCUT2D eigenvalue weighted by Gasteiger charge is 2.17. The Morgan fingerprint density at radius 3 is 2.93 bits per heavy atom. The van der Waals surface area contributed by atoms with E-state index in [2.05, 4.69) is 23.3 Å². The molecule has 1 aliphatic heterocycles. The van der Waals surface area contributed by atoms with E-state index in [1.54, 1.807) is 11.3 Å². The fourth-order valence-electron chi connectivity index (χ4n) is 3.34. The molecular weight excluding hydrogens is 372 g/mol. The number of hydrogen-bond acceptors (Lipinski definition) is 5. The lowest BCUT2D eigenvalue weighted by atomic mass is 10.1. The van der Waals surface area contributed by atoms with Crippen molar-refractivity contribution in [1.29, 1.82) is 0 Å². The molecule has 6 heteroatoms. The van der Waals surface area contributed by atoms with Crippen molar-refractivity contribution in [2.24, 2.45) is 0 Å². The molecule has 0 aliphatic carbocycles. The second-order valence-electron chi connectivity index (χ2n) is 7.18. The minimum Gasteiger partial charge on any atom is -0.492 e. The molecule has 1 amide bonds. The molecule has 1 aromatic heterocycles. The van der Waals surface area contributed by atoms with Gasteiger partial charge < -0.3 is 14.8 Å². The van der Waals surface area contributed by atoms with Crippen molar-refractivity contribution in [2.45, 2.75) is 38.3 Å². The predicted molar refractivity (Wildman–Crippen MR) is 113 cm³/mol. The molecule has 0 saturated carbocycles. The third-order valence-corrected chi connectivity index (χ3v) is 6.03. The summed E-state index contributed by atoms with van der Waals surface area (Å²) in [4.78, 5) is 15.6. The largest absolute Gasteiger partial charge is 0.492 e. The maximum atomic E-state index is 12.0. The van der Waals surface area contributed by atoms with Crippen LogP contribution in [0.15, 0.2) is 41.8 Å². The van der Waals surface area contributed by atoms with Crippen LogP contribution < -0.4 is 10.1 Å². The van der Waals surface area contributed by atoms with Crippen LogP contribution in [0.5, 0.6) is 5.75 Å². The van der Waals surface area contributed by atoms with E-state index in [1.807, 2.05) is 35.7 Å². The number of hydrogen-bond donors (Lipinski definition) is 1. The fourth-order valence-corrected chi connectivity index (χ4v) is 4.05. The molecule has 1 saturated heterocycles. The number of carbonyl (C=O) groups excluding carboxylic acids is 1. The van der Waals surface area contributed by atoms with E-state index in [1.165, 1.54) is 4.88 Å². The Balaban J connectivity index is 1.36. The minimum absolute atomic E-state index is 0.0813. The Hall–Kier alpha value is -1.89. The smallest absolute Gasteiger partial charge is 0.220 e. The van der Waals surface area contributed by atoms with Crippen molar-refractivity contribution in [3.63, 3.8) is 0 Å². The van der Waals surface area contributed by atoms with Crippen LogP contribution in [0.3, 0.4) is 0 Å². The van der Waals surface area contributed by atoms with E-state index in [0.29, 0.717) is 25.6 Å². The van der Waals surface area contributed by atoms with Crippen LogP contribution in [0, 0.1) is 0 Å². The molecule has 1 fully saturated rings. The van der Waals surface area contributed by atoms with Crippen LogP contribution in [0.1, 0.15) is 29.7 Å². The predicted octanol–water partition coefficient (Wildman–Crippen LogP) is 3.49. The van der Waals surface area contributed by atoms with Gasteiger partial charge in [-0.05, 0) is 55.5 Å². The van der Waals surface area contributed by atoms with Gasteiger partial charge in [-0.1, -0.05) is 18.2 Å². The van der Waals surface area contributed by atoms with Crippen molar-refractivity contribution >= 4 is 17.2 Å². The van der Waals surface area contributed by atoms with E-state index < -0.39 is 0 Å². The van der Waals surface area contributed by atoms with Gasteiger partial charge in [0.25, 0.3) is 0 Å². The molecular formula is C22H30N2O3S. The van der Waals surface area contributed by atoms with Crippen LogP contribution in [0.2, 0.25) is 0 Å². The van der Waals surface area contributed by atoms with Gasteiger partial charge in [0, 0.05) is 43.6 Å². The lowest BCUT2D eigenvalue weighted by Gasteiger charge is -2.31. The molecule has 152 valence electrons. The van der Waals surface area contributed by atoms with Crippen LogP contribution in [-0.2, 0) is 22.5 Å². The van der Waals surface area contributed by atoms with Crippen LogP contribution in [0.25, 0.3) is 0 Å². The van der Waals surface area contributed by atoms with E-state index in [-0.39, 0.29) is 5.91 Å². The third-order valence-electron chi connectivity index (χ3n) is 5.09. The van der Waals surface area contributed by atoms with Crippen molar-refractivity contribution < 1.29 is 14.3 Å². The zero-order chi connectivity index (χ0) is 19.6. The average molecular weight is 403 g/mol. The lowest BCUT2D eigenvalue weighted by molar-refractivity contribution is -0.121. The quantitative estimate of drug-likeness (QED) is 0.661. The van der Waals surface area contributed by atoms with Crippen LogP contribution in [0.4, 0.5) is 0 Å². The molecule has 1 N–H and O–H groups in total. The Morgan fingerprint density at radius 2 is 2.14 bits per heavy atom. The van der Waals surface area contributed by atoms with Crippen molar-refractivity contribution in [3.8, 4) is 5.75 Å². The maximum absolute atomic E-state index is 12.0. The number of benzene rings is 1. The molecule has 3 rings (SSSR count). The fraction of sp³-hybridized carbons (Fsp3) is 0.500. The van der Waals surface area contributed by atoms with Crippen molar-refractivity contribution in [1.82, 2.24) is 10.2 Å². The zero-order valence-electron chi connectivity index (χ0n) is 16.6. The first-order chi connectivity index (χ1) is 13.7. The number of nitrogens with zero attached hydrogens (tertiary/aromatic N) is 1. The first-order valence-electron chi connectivity index (χ1n) is 9.99. The highest BCUT2D eigenvalue weighted by molar-refractivity contribution is 7.09. The molecule has 5 nitrogen and oxygen atoms in total. The van der Waals surface area contributed by atoms with E-state index >= 15 is 0 Å². The van der Waals surface area contributed by atoms with Gasteiger partial charge >= 0.3 is 0 Å². The molecule has 0 radical (unpaired) electrons. The highest BCUT2D eigenvalue weighted by Crippen LogP contribution is 2.15. The Labute approximate surface area is 171 Å². The maximum Gasteiger partial charge on any atom is 0.220 e. The molecule has 0 atom stereocenters. The number of thiophene rings is 1. The van der Waals surface area contributed by atoms with Gasteiger partial charge in [0.2, 0.25) is 5.91 Å². The van der Waals surface area contributed by atoms with Gasteiger partial charge in [0.05, 0.1) is 0 Å². The third kappa shape index (κ3) is 6.93. The summed E-state index contributed by atoms with van der Waals surface area (Å²) in [6.45, 7) is 3.80. The number of aryl methyl sites for hydroxylation is 1. The standard InChI is InChI=1S/C22H30N2O3S/c1-24(19-9-12-26-13-10-19)11-14-27-20-5-2-4-18(16-20)17-23-22(25)8-7-21-6-3-15-28-21/h2-6,15-16,19H,7-14,17H2,1H3,(H,23,25). The molecule has 2 heterocycles. The summed E-state index contributed by atoms with van der Waals surface area (Å²) in [5.41, 5.74) is 1.06. The number of nitrogens with one attached hydrogen (secondary N) is 1. The second-order valence-corrected chi connectivity index (χ2v) is 8.21. The van der Waals surface area contributed by atoms with Gasteiger partial charge in [0.15, 0.2) is 0 Å². The first-order valence-corrected chi connectivity index (χ1v) is 10.9. The molecule has 2 aromatic rings. The summed E-state index contributed by atoms with van der Waals surface area (Å²) < 4.78 is 11.4. The number of likely N-dealkylation sites (N-methyl/N-ethyl adjacent to an activating group) is 1. The average Bonchev–Trinajstić information content (AvgIpc) is 3.25. The first kappa shape index (κ1) is 20.8.